The average Bonchev–Trinajstić information content (AvgIpc) is 2.07. The highest BCUT2D eigenvalue weighted by Gasteiger charge is 2.27. The second-order valence-electron chi connectivity index (χ2n) is 2.71. The van der Waals surface area contributed by atoms with Gasteiger partial charge >= 0.3 is 6.18 Å². The fraction of sp³-hybridized carbons (Fsp3) is 0.250. The minimum atomic E-state index is -4.23. The van der Waals surface area contributed by atoms with Gasteiger partial charge in [-0.25, -0.2) is 0 Å². The van der Waals surface area contributed by atoms with E-state index < -0.39 is 11.9 Å². The summed E-state index contributed by atoms with van der Waals surface area (Å²) >= 11 is 11.9. The van der Waals surface area contributed by atoms with Crippen molar-refractivity contribution < 1.29 is 13.2 Å². The number of hydrogen-bond acceptors (Lipinski definition) is 2. The Bertz CT molecular complexity index is 368. The van der Waals surface area contributed by atoms with Gasteiger partial charge in [-0.3, -0.25) is 0 Å². The molecule has 2 N–H and O–H groups in total. The summed E-state index contributed by atoms with van der Waals surface area (Å²) in [5, 5.41) is 0.403. The van der Waals surface area contributed by atoms with Crippen LogP contribution in [-0.2, 0) is 0 Å². The molecule has 7 heteroatoms. The molecule has 0 spiro atoms. The van der Waals surface area contributed by atoms with Crippen LogP contribution in [0, 0.1) is 0 Å². The predicted molar refractivity (Wildman–Crippen MR) is 57.7 cm³/mol. The van der Waals surface area contributed by atoms with Gasteiger partial charge in [-0.2, -0.15) is 13.2 Å². The van der Waals surface area contributed by atoms with Crippen LogP contribution in [-0.4, -0.2) is 11.9 Å². The van der Waals surface area contributed by atoms with Gasteiger partial charge in [0.1, 0.15) is 0 Å². The Morgan fingerprint density at radius 3 is 2.33 bits per heavy atom. The van der Waals surface area contributed by atoms with E-state index in [1.807, 2.05) is 0 Å². The molecule has 84 valence electrons. The van der Waals surface area contributed by atoms with Crippen molar-refractivity contribution in [2.45, 2.75) is 11.1 Å². The molecule has 0 aliphatic rings. The summed E-state index contributed by atoms with van der Waals surface area (Å²) in [6.45, 7) is 0. The third-order valence-electron chi connectivity index (χ3n) is 1.44. The number of benzene rings is 1. The summed E-state index contributed by atoms with van der Waals surface area (Å²) in [5.41, 5.74) is 5.66. The molecule has 0 aliphatic carbocycles. The highest BCUT2D eigenvalue weighted by atomic mass is 35.5. The van der Waals surface area contributed by atoms with E-state index in [-0.39, 0.29) is 20.6 Å². The number of hydrogen-bond donors (Lipinski definition) is 1. The van der Waals surface area contributed by atoms with Crippen LogP contribution in [0.25, 0.3) is 0 Å². The van der Waals surface area contributed by atoms with Gasteiger partial charge in [0, 0.05) is 4.90 Å². The van der Waals surface area contributed by atoms with E-state index >= 15 is 0 Å². The first-order valence-electron chi connectivity index (χ1n) is 3.73. The van der Waals surface area contributed by atoms with Gasteiger partial charge in [0.2, 0.25) is 0 Å². The topological polar surface area (TPSA) is 26.0 Å². The standard InChI is InChI=1S/C8H6Cl2F3NS/c9-4-1-5(10)7(2-6(4)14)15-3-8(11,12)13/h1-2H,3,14H2. The zero-order valence-electron chi connectivity index (χ0n) is 7.24. The fourth-order valence-corrected chi connectivity index (χ4v) is 2.09. The van der Waals surface area contributed by atoms with E-state index in [2.05, 4.69) is 0 Å². The van der Waals surface area contributed by atoms with Gasteiger partial charge in [-0.1, -0.05) is 23.2 Å². The Morgan fingerprint density at radius 2 is 1.80 bits per heavy atom. The number of anilines is 1. The first-order valence-corrected chi connectivity index (χ1v) is 5.48. The number of rotatable bonds is 2. The molecule has 0 atom stereocenters. The predicted octanol–water partition coefficient (Wildman–Crippen LogP) is 4.23. The Morgan fingerprint density at radius 1 is 1.20 bits per heavy atom. The van der Waals surface area contributed by atoms with Crippen LogP contribution in [0.3, 0.4) is 0 Å². The fourth-order valence-electron chi connectivity index (χ4n) is 0.815. The number of halogens is 5. The summed E-state index contributed by atoms with van der Waals surface area (Å²) in [6, 6.07) is 2.66. The number of alkyl halides is 3. The summed E-state index contributed by atoms with van der Waals surface area (Å²) in [6.07, 6.45) is -4.23. The molecule has 0 unspecified atom stereocenters. The van der Waals surface area contributed by atoms with Crippen LogP contribution in [0.1, 0.15) is 0 Å². The van der Waals surface area contributed by atoms with Crippen molar-refractivity contribution in [3.05, 3.63) is 22.2 Å². The lowest BCUT2D eigenvalue weighted by Crippen LogP contribution is -2.10. The number of thioether (sulfide) groups is 1. The van der Waals surface area contributed by atoms with Gasteiger partial charge in [-0.05, 0) is 12.1 Å². The maximum absolute atomic E-state index is 11.9. The van der Waals surface area contributed by atoms with Crippen LogP contribution in [0.5, 0.6) is 0 Å². The highest BCUT2D eigenvalue weighted by molar-refractivity contribution is 7.99. The Balaban J connectivity index is 2.82. The summed E-state index contributed by atoms with van der Waals surface area (Å²) in [7, 11) is 0. The van der Waals surface area contributed by atoms with Crippen molar-refractivity contribution in [1.82, 2.24) is 0 Å². The zero-order valence-corrected chi connectivity index (χ0v) is 9.57. The third-order valence-corrected chi connectivity index (χ3v) is 3.32. The molecule has 0 radical (unpaired) electrons. The van der Waals surface area contributed by atoms with Gasteiger partial charge in [-0.15, -0.1) is 11.8 Å². The molecule has 0 saturated heterocycles. The molecule has 1 aromatic rings. The van der Waals surface area contributed by atoms with Crippen molar-refractivity contribution in [2.24, 2.45) is 0 Å². The summed E-state index contributed by atoms with van der Waals surface area (Å²) in [5.74, 6) is -1.01. The van der Waals surface area contributed by atoms with Crippen molar-refractivity contribution >= 4 is 40.7 Å². The van der Waals surface area contributed by atoms with E-state index in [0.717, 1.165) is 0 Å². The van der Waals surface area contributed by atoms with Crippen LogP contribution in [0.2, 0.25) is 10.0 Å². The van der Waals surface area contributed by atoms with Gasteiger partial charge < -0.3 is 5.73 Å². The smallest absolute Gasteiger partial charge is 0.397 e. The summed E-state index contributed by atoms with van der Waals surface area (Å²) < 4.78 is 35.8. The molecule has 0 bridgehead atoms. The van der Waals surface area contributed by atoms with Crippen LogP contribution in [0.15, 0.2) is 17.0 Å². The largest absolute Gasteiger partial charge is 0.398 e. The molecule has 0 aromatic heterocycles. The molecular formula is C8H6Cl2F3NS. The van der Waals surface area contributed by atoms with E-state index in [0.29, 0.717) is 11.8 Å². The van der Waals surface area contributed by atoms with Crippen LogP contribution < -0.4 is 5.73 Å². The van der Waals surface area contributed by atoms with Crippen molar-refractivity contribution in [1.29, 1.82) is 0 Å². The third kappa shape index (κ3) is 4.01. The zero-order chi connectivity index (χ0) is 11.6. The molecule has 0 fully saturated rings. The second kappa shape index (κ2) is 4.72. The minimum absolute atomic E-state index is 0.170. The Labute approximate surface area is 98.7 Å². The minimum Gasteiger partial charge on any atom is -0.397 e. The molecule has 1 nitrogen and oxygen atoms in total. The normalized spacial score (nSPS) is 11.8. The number of nitrogens with two attached hydrogens (primary N) is 1. The van der Waals surface area contributed by atoms with Crippen molar-refractivity contribution in [3.63, 3.8) is 0 Å². The first kappa shape index (κ1) is 12.8. The van der Waals surface area contributed by atoms with E-state index in [1.165, 1.54) is 12.1 Å². The van der Waals surface area contributed by atoms with Crippen LogP contribution >= 0.6 is 35.0 Å². The molecule has 1 aromatic carbocycles. The molecule has 0 aliphatic heterocycles. The summed E-state index contributed by atoms with van der Waals surface area (Å²) in [4.78, 5) is 0.274. The molecule has 0 amide bonds. The van der Waals surface area contributed by atoms with E-state index in [1.54, 1.807) is 0 Å². The van der Waals surface area contributed by atoms with Gasteiger partial charge in [0.05, 0.1) is 21.5 Å². The molecular weight excluding hydrogens is 270 g/mol. The maximum atomic E-state index is 11.9. The molecule has 0 saturated carbocycles. The first-order chi connectivity index (χ1) is 6.79. The quantitative estimate of drug-likeness (QED) is 0.646. The Hall–Kier alpha value is -0.260. The lowest BCUT2D eigenvalue weighted by atomic mass is 10.3. The lowest BCUT2D eigenvalue weighted by molar-refractivity contribution is -0.105. The van der Waals surface area contributed by atoms with Gasteiger partial charge in [0.25, 0.3) is 0 Å². The van der Waals surface area contributed by atoms with E-state index in [9.17, 15) is 13.2 Å². The average molecular weight is 276 g/mol. The monoisotopic (exact) mass is 275 g/mol. The molecule has 15 heavy (non-hydrogen) atoms. The SMILES string of the molecule is Nc1cc(SCC(F)(F)F)c(Cl)cc1Cl. The van der Waals surface area contributed by atoms with Crippen LogP contribution in [0.4, 0.5) is 18.9 Å². The van der Waals surface area contributed by atoms with E-state index in [4.69, 9.17) is 28.9 Å². The number of nitrogen functional groups attached to an aromatic ring is 1. The Kier molecular flexibility index (Phi) is 4.03. The second-order valence-corrected chi connectivity index (χ2v) is 4.54. The molecule has 0 heterocycles. The lowest BCUT2D eigenvalue weighted by Gasteiger charge is -2.08. The van der Waals surface area contributed by atoms with Crippen molar-refractivity contribution in [2.75, 3.05) is 11.5 Å². The highest BCUT2D eigenvalue weighted by Crippen LogP contribution is 2.36. The van der Waals surface area contributed by atoms with Crippen molar-refractivity contribution in [3.8, 4) is 0 Å². The molecule has 1 rings (SSSR count). The maximum Gasteiger partial charge on any atom is 0.398 e. The van der Waals surface area contributed by atoms with Gasteiger partial charge in [0.15, 0.2) is 0 Å².